The molecule has 0 spiro atoms. The lowest BCUT2D eigenvalue weighted by Gasteiger charge is -2.11. The van der Waals surface area contributed by atoms with Gasteiger partial charge in [-0.2, -0.15) is 0 Å². The molecular weight excluding hydrogens is 324 g/mol. The molecule has 0 radical (unpaired) electrons. The second-order valence-corrected chi connectivity index (χ2v) is 5.85. The van der Waals surface area contributed by atoms with Crippen molar-refractivity contribution in [2.75, 3.05) is 11.9 Å². The molecule has 2 amide bonds. The van der Waals surface area contributed by atoms with Gasteiger partial charge in [0.05, 0.1) is 6.54 Å². The molecule has 4 nitrogen and oxygen atoms in total. The van der Waals surface area contributed by atoms with Crippen LogP contribution < -0.4 is 10.6 Å². The first-order valence-electron chi connectivity index (χ1n) is 7.53. The Morgan fingerprint density at radius 3 is 2.29 bits per heavy atom. The number of hydrogen-bond acceptors (Lipinski definition) is 2. The molecule has 0 bridgehead atoms. The van der Waals surface area contributed by atoms with Crippen molar-refractivity contribution in [1.82, 2.24) is 5.32 Å². The van der Waals surface area contributed by atoms with Crippen molar-refractivity contribution < 1.29 is 9.59 Å². The van der Waals surface area contributed by atoms with Gasteiger partial charge in [-0.25, -0.2) is 0 Å². The maximum Gasteiger partial charge on any atom is 0.244 e. The van der Waals surface area contributed by atoms with Gasteiger partial charge in [0.1, 0.15) is 0 Å². The molecule has 0 fully saturated rings. The summed E-state index contributed by atoms with van der Waals surface area (Å²) in [6.07, 6.45) is 3.05. The molecule has 0 aliphatic rings. The highest BCUT2D eigenvalue weighted by Gasteiger charge is 2.07. The van der Waals surface area contributed by atoms with Gasteiger partial charge in [-0.05, 0) is 48.7 Å². The molecule has 0 heterocycles. The van der Waals surface area contributed by atoms with Crippen LogP contribution in [0.2, 0.25) is 5.02 Å². The lowest BCUT2D eigenvalue weighted by molar-refractivity contribution is -0.121. The van der Waals surface area contributed by atoms with Crippen LogP contribution in [0.3, 0.4) is 0 Å². The summed E-state index contributed by atoms with van der Waals surface area (Å²) in [7, 11) is 0. The number of para-hydroxylation sites is 1. The van der Waals surface area contributed by atoms with Crippen LogP contribution in [0.4, 0.5) is 5.69 Å². The summed E-state index contributed by atoms with van der Waals surface area (Å²) >= 11 is 5.80. The summed E-state index contributed by atoms with van der Waals surface area (Å²) in [5.41, 5.74) is 3.61. The van der Waals surface area contributed by atoms with Crippen molar-refractivity contribution >= 4 is 35.2 Å². The van der Waals surface area contributed by atoms with Gasteiger partial charge >= 0.3 is 0 Å². The fourth-order valence-corrected chi connectivity index (χ4v) is 2.29. The predicted octanol–water partition coefficient (Wildman–Crippen LogP) is 3.72. The largest absolute Gasteiger partial charge is 0.343 e. The van der Waals surface area contributed by atoms with E-state index >= 15 is 0 Å². The van der Waals surface area contributed by atoms with E-state index in [2.05, 4.69) is 10.6 Å². The van der Waals surface area contributed by atoms with Crippen LogP contribution in [-0.4, -0.2) is 18.4 Å². The molecular formula is C19H19ClN2O2. The minimum Gasteiger partial charge on any atom is -0.343 e. The zero-order chi connectivity index (χ0) is 17.5. The Morgan fingerprint density at radius 1 is 1.04 bits per heavy atom. The van der Waals surface area contributed by atoms with Crippen molar-refractivity contribution in [2.24, 2.45) is 0 Å². The summed E-state index contributed by atoms with van der Waals surface area (Å²) in [6.45, 7) is 3.77. The minimum atomic E-state index is -0.332. The highest BCUT2D eigenvalue weighted by Crippen LogP contribution is 2.19. The fraction of sp³-hybridized carbons (Fsp3) is 0.158. The van der Waals surface area contributed by atoms with Gasteiger partial charge in [0, 0.05) is 16.8 Å². The van der Waals surface area contributed by atoms with E-state index in [1.54, 1.807) is 30.3 Å². The average Bonchev–Trinajstić information content (AvgIpc) is 2.56. The van der Waals surface area contributed by atoms with Crippen LogP contribution in [-0.2, 0) is 9.59 Å². The van der Waals surface area contributed by atoms with Crippen LogP contribution in [0.1, 0.15) is 16.7 Å². The molecule has 0 atom stereocenters. The van der Waals surface area contributed by atoms with Crippen molar-refractivity contribution in [3.05, 3.63) is 70.3 Å². The Labute approximate surface area is 146 Å². The average molecular weight is 343 g/mol. The number of benzene rings is 2. The molecule has 0 aromatic heterocycles. The van der Waals surface area contributed by atoms with Crippen molar-refractivity contribution in [1.29, 1.82) is 0 Å². The minimum absolute atomic E-state index is 0.0857. The van der Waals surface area contributed by atoms with E-state index in [4.69, 9.17) is 11.6 Å². The lowest BCUT2D eigenvalue weighted by atomic mass is 10.1. The molecule has 124 valence electrons. The topological polar surface area (TPSA) is 58.2 Å². The lowest BCUT2D eigenvalue weighted by Crippen LogP contribution is -2.32. The number of hydrogen-bond donors (Lipinski definition) is 2. The Hall–Kier alpha value is -2.59. The Bertz CT molecular complexity index is 747. The van der Waals surface area contributed by atoms with E-state index in [0.29, 0.717) is 5.02 Å². The summed E-state index contributed by atoms with van der Waals surface area (Å²) in [4.78, 5) is 23.7. The zero-order valence-corrected chi connectivity index (χ0v) is 14.4. The first-order chi connectivity index (χ1) is 11.5. The summed E-state index contributed by atoms with van der Waals surface area (Å²) in [5.74, 6) is -0.595. The van der Waals surface area contributed by atoms with E-state index in [1.165, 1.54) is 6.08 Å². The van der Waals surface area contributed by atoms with E-state index in [1.807, 2.05) is 32.0 Å². The third-order valence-corrected chi connectivity index (χ3v) is 3.72. The molecule has 2 N–H and O–H groups in total. The summed E-state index contributed by atoms with van der Waals surface area (Å²) < 4.78 is 0. The van der Waals surface area contributed by atoms with Crippen LogP contribution in [0.15, 0.2) is 48.5 Å². The summed E-state index contributed by atoms with van der Waals surface area (Å²) in [5, 5.41) is 6.02. The van der Waals surface area contributed by atoms with Crippen LogP contribution >= 0.6 is 11.6 Å². The van der Waals surface area contributed by atoms with Gasteiger partial charge < -0.3 is 10.6 Å². The van der Waals surface area contributed by atoms with Crippen LogP contribution in [0, 0.1) is 13.8 Å². The predicted molar refractivity (Wildman–Crippen MR) is 98.0 cm³/mol. The third-order valence-electron chi connectivity index (χ3n) is 3.47. The van der Waals surface area contributed by atoms with Gasteiger partial charge in [-0.3, -0.25) is 9.59 Å². The Morgan fingerprint density at radius 2 is 1.67 bits per heavy atom. The van der Waals surface area contributed by atoms with Gasteiger partial charge in [0.25, 0.3) is 0 Å². The standard InChI is InChI=1S/C19H19ClN2O2/c1-13-4-3-5-14(2)19(13)22-18(24)12-21-17(23)11-8-15-6-9-16(20)10-7-15/h3-11H,12H2,1-2H3,(H,21,23)(H,22,24)/b11-8+. The number of aryl methyl sites for hydroxylation is 2. The molecule has 0 aliphatic heterocycles. The Balaban J connectivity index is 1.85. The molecule has 2 rings (SSSR count). The van der Waals surface area contributed by atoms with Crippen molar-refractivity contribution in [2.45, 2.75) is 13.8 Å². The van der Waals surface area contributed by atoms with E-state index < -0.39 is 0 Å². The molecule has 0 aliphatic carbocycles. The third kappa shape index (κ3) is 5.25. The van der Waals surface area contributed by atoms with Gasteiger partial charge in [0.2, 0.25) is 11.8 Å². The van der Waals surface area contributed by atoms with E-state index in [0.717, 1.165) is 22.4 Å². The number of carbonyl (C=O) groups excluding carboxylic acids is 2. The molecule has 0 saturated carbocycles. The number of carbonyl (C=O) groups is 2. The summed E-state index contributed by atoms with van der Waals surface area (Å²) in [6, 6.07) is 12.9. The monoisotopic (exact) mass is 342 g/mol. The number of rotatable bonds is 5. The number of halogens is 1. The maximum atomic E-state index is 12.0. The first kappa shape index (κ1) is 17.8. The number of amides is 2. The smallest absolute Gasteiger partial charge is 0.244 e. The first-order valence-corrected chi connectivity index (χ1v) is 7.91. The SMILES string of the molecule is Cc1cccc(C)c1NC(=O)CNC(=O)/C=C/c1ccc(Cl)cc1. The van der Waals surface area contributed by atoms with Crippen LogP contribution in [0.25, 0.3) is 6.08 Å². The van der Waals surface area contributed by atoms with E-state index in [9.17, 15) is 9.59 Å². The molecule has 5 heteroatoms. The second kappa shape index (κ2) is 8.31. The normalized spacial score (nSPS) is 10.6. The van der Waals surface area contributed by atoms with Gasteiger partial charge in [-0.1, -0.05) is 41.9 Å². The number of anilines is 1. The highest BCUT2D eigenvalue weighted by atomic mass is 35.5. The van der Waals surface area contributed by atoms with Gasteiger partial charge in [-0.15, -0.1) is 0 Å². The van der Waals surface area contributed by atoms with Crippen molar-refractivity contribution in [3.63, 3.8) is 0 Å². The molecule has 0 saturated heterocycles. The molecule has 24 heavy (non-hydrogen) atoms. The molecule has 0 unspecified atom stereocenters. The van der Waals surface area contributed by atoms with Crippen molar-refractivity contribution in [3.8, 4) is 0 Å². The molecule has 2 aromatic rings. The quantitative estimate of drug-likeness (QED) is 0.813. The Kier molecular flexibility index (Phi) is 6.15. The van der Waals surface area contributed by atoms with Crippen LogP contribution in [0.5, 0.6) is 0 Å². The number of nitrogens with one attached hydrogen (secondary N) is 2. The fourth-order valence-electron chi connectivity index (χ4n) is 2.17. The maximum absolute atomic E-state index is 12.0. The second-order valence-electron chi connectivity index (χ2n) is 5.42. The zero-order valence-electron chi connectivity index (χ0n) is 13.6. The molecule has 2 aromatic carbocycles. The highest BCUT2D eigenvalue weighted by molar-refractivity contribution is 6.30. The van der Waals surface area contributed by atoms with Gasteiger partial charge in [0.15, 0.2) is 0 Å². The van der Waals surface area contributed by atoms with E-state index in [-0.39, 0.29) is 18.4 Å².